The summed E-state index contributed by atoms with van der Waals surface area (Å²) in [5, 5.41) is 3.12. The first-order valence-corrected chi connectivity index (χ1v) is 8.61. The SMILES string of the molecule is CCSc1ccccc1C(=O)NC(C)c1ccc(C)cc1C. The van der Waals surface area contributed by atoms with Crippen LogP contribution in [0.1, 0.15) is 46.9 Å². The average molecular weight is 313 g/mol. The molecule has 1 amide bonds. The van der Waals surface area contributed by atoms with E-state index in [4.69, 9.17) is 0 Å². The van der Waals surface area contributed by atoms with Crippen LogP contribution in [0, 0.1) is 13.8 Å². The lowest BCUT2D eigenvalue weighted by molar-refractivity contribution is 0.0937. The van der Waals surface area contributed by atoms with Gasteiger partial charge in [-0.3, -0.25) is 4.79 Å². The molecule has 0 bridgehead atoms. The number of benzene rings is 2. The molecule has 1 unspecified atom stereocenters. The van der Waals surface area contributed by atoms with Crippen LogP contribution in [0.4, 0.5) is 0 Å². The molecule has 1 atom stereocenters. The van der Waals surface area contributed by atoms with Crippen LogP contribution in [0.3, 0.4) is 0 Å². The summed E-state index contributed by atoms with van der Waals surface area (Å²) < 4.78 is 0. The van der Waals surface area contributed by atoms with Gasteiger partial charge in [0.05, 0.1) is 11.6 Å². The number of carbonyl (C=O) groups excluding carboxylic acids is 1. The number of rotatable bonds is 5. The molecule has 116 valence electrons. The third-order valence-electron chi connectivity index (χ3n) is 3.67. The normalized spacial score (nSPS) is 12.0. The molecule has 2 aromatic carbocycles. The molecule has 3 heteroatoms. The van der Waals surface area contributed by atoms with Gasteiger partial charge in [0.15, 0.2) is 0 Å². The van der Waals surface area contributed by atoms with Crippen molar-refractivity contribution in [3.63, 3.8) is 0 Å². The van der Waals surface area contributed by atoms with E-state index in [0.717, 1.165) is 16.2 Å². The van der Waals surface area contributed by atoms with Crippen molar-refractivity contribution in [2.75, 3.05) is 5.75 Å². The van der Waals surface area contributed by atoms with E-state index >= 15 is 0 Å². The average Bonchev–Trinajstić information content (AvgIpc) is 2.47. The molecule has 0 saturated heterocycles. The first-order chi connectivity index (χ1) is 10.5. The Labute approximate surface area is 137 Å². The first kappa shape index (κ1) is 16.6. The van der Waals surface area contributed by atoms with Crippen LogP contribution in [0.2, 0.25) is 0 Å². The minimum atomic E-state index is -0.0102. The van der Waals surface area contributed by atoms with Crippen LogP contribution < -0.4 is 5.32 Å². The molecule has 2 aromatic rings. The van der Waals surface area contributed by atoms with Crippen molar-refractivity contribution in [2.24, 2.45) is 0 Å². The van der Waals surface area contributed by atoms with E-state index in [1.54, 1.807) is 11.8 Å². The van der Waals surface area contributed by atoms with Crippen molar-refractivity contribution in [3.05, 3.63) is 64.7 Å². The predicted octanol–water partition coefficient (Wildman–Crippen LogP) is 4.91. The molecule has 0 radical (unpaired) electrons. The molecule has 0 aliphatic carbocycles. The Balaban J connectivity index is 2.18. The van der Waals surface area contributed by atoms with Crippen LogP contribution in [-0.2, 0) is 0 Å². The second-order valence-electron chi connectivity index (χ2n) is 5.48. The Kier molecular flexibility index (Phi) is 5.67. The van der Waals surface area contributed by atoms with Crippen LogP contribution in [0.5, 0.6) is 0 Å². The maximum absolute atomic E-state index is 12.6. The summed E-state index contributed by atoms with van der Waals surface area (Å²) in [4.78, 5) is 13.6. The maximum Gasteiger partial charge on any atom is 0.252 e. The molecular weight excluding hydrogens is 290 g/mol. The highest BCUT2D eigenvalue weighted by Gasteiger charge is 2.15. The Bertz CT molecular complexity index is 666. The topological polar surface area (TPSA) is 29.1 Å². The quantitative estimate of drug-likeness (QED) is 0.795. The lowest BCUT2D eigenvalue weighted by Crippen LogP contribution is -2.27. The fraction of sp³-hybridized carbons (Fsp3) is 0.316. The second kappa shape index (κ2) is 7.50. The van der Waals surface area contributed by atoms with Gasteiger partial charge in [-0.15, -0.1) is 11.8 Å². The zero-order chi connectivity index (χ0) is 16.1. The smallest absolute Gasteiger partial charge is 0.252 e. The van der Waals surface area contributed by atoms with E-state index in [1.165, 1.54) is 16.7 Å². The third-order valence-corrected chi connectivity index (χ3v) is 4.63. The van der Waals surface area contributed by atoms with Crippen molar-refractivity contribution in [1.82, 2.24) is 5.32 Å². The van der Waals surface area contributed by atoms with Gasteiger partial charge in [-0.25, -0.2) is 0 Å². The van der Waals surface area contributed by atoms with Crippen LogP contribution >= 0.6 is 11.8 Å². The summed E-state index contributed by atoms with van der Waals surface area (Å²) in [6.07, 6.45) is 0. The van der Waals surface area contributed by atoms with Crippen molar-refractivity contribution in [3.8, 4) is 0 Å². The van der Waals surface area contributed by atoms with Crippen LogP contribution in [-0.4, -0.2) is 11.7 Å². The minimum absolute atomic E-state index is 0.00668. The number of aryl methyl sites for hydroxylation is 2. The highest BCUT2D eigenvalue weighted by atomic mass is 32.2. The second-order valence-corrected chi connectivity index (χ2v) is 6.79. The van der Waals surface area contributed by atoms with Gasteiger partial charge in [0.1, 0.15) is 0 Å². The Morgan fingerprint density at radius 2 is 1.91 bits per heavy atom. The van der Waals surface area contributed by atoms with E-state index in [2.05, 4.69) is 44.3 Å². The Morgan fingerprint density at radius 1 is 1.18 bits per heavy atom. The number of amides is 1. The van der Waals surface area contributed by atoms with Gasteiger partial charge in [0.25, 0.3) is 5.91 Å². The van der Waals surface area contributed by atoms with Crippen molar-refractivity contribution in [1.29, 1.82) is 0 Å². The molecule has 2 nitrogen and oxygen atoms in total. The van der Waals surface area contributed by atoms with E-state index in [-0.39, 0.29) is 11.9 Å². The van der Waals surface area contributed by atoms with E-state index in [9.17, 15) is 4.79 Å². The molecular formula is C19H23NOS. The Hall–Kier alpha value is -1.74. The monoisotopic (exact) mass is 313 g/mol. The van der Waals surface area contributed by atoms with Gasteiger partial charge in [0.2, 0.25) is 0 Å². The van der Waals surface area contributed by atoms with Gasteiger partial charge >= 0.3 is 0 Å². The minimum Gasteiger partial charge on any atom is -0.345 e. The van der Waals surface area contributed by atoms with Gasteiger partial charge in [-0.05, 0) is 49.8 Å². The van der Waals surface area contributed by atoms with Gasteiger partial charge in [0, 0.05) is 4.90 Å². The van der Waals surface area contributed by atoms with Gasteiger partial charge < -0.3 is 5.32 Å². The molecule has 22 heavy (non-hydrogen) atoms. The van der Waals surface area contributed by atoms with Gasteiger partial charge in [-0.2, -0.15) is 0 Å². The fourth-order valence-corrected chi connectivity index (χ4v) is 3.40. The summed E-state index contributed by atoms with van der Waals surface area (Å²) in [6, 6.07) is 14.1. The standard InChI is InChI=1S/C19H23NOS/c1-5-22-18-9-7-6-8-17(18)19(21)20-15(4)16-11-10-13(2)12-14(16)3/h6-12,15H,5H2,1-4H3,(H,20,21). The summed E-state index contributed by atoms with van der Waals surface area (Å²) >= 11 is 1.70. The zero-order valence-electron chi connectivity index (χ0n) is 13.6. The number of nitrogens with one attached hydrogen (secondary N) is 1. The predicted molar refractivity (Wildman–Crippen MR) is 94.6 cm³/mol. The lowest BCUT2D eigenvalue weighted by Gasteiger charge is -2.18. The third kappa shape index (κ3) is 3.92. The largest absolute Gasteiger partial charge is 0.345 e. The molecule has 0 aromatic heterocycles. The van der Waals surface area contributed by atoms with Gasteiger partial charge in [-0.1, -0.05) is 42.8 Å². The zero-order valence-corrected chi connectivity index (χ0v) is 14.5. The maximum atomic E-state index is 12.6. The van der Waals surface area contributed by atoms with Crippen molar-refractivity contribution in [2.45, 2.75) is 38.6 Å². The summed E-state index contributed by atoms with van der Waals surface area (Å²) in [5.74, 6) is 0.945. The van der Waals surface area contributed by atoms with E-state index in [0.29, 0.717) is 0 Å². The lowest BCUT2D eigenvalue weighted by atomic mass is 10.00. The highest BCUT2D eigenvalue weighted by molar-refractivity contribution is 7.99. The van der Waals surface area contributed by atoms with Crippen LogP contribution in [0.15, 0.2) is 47.4 Å². The number of thioether (sulfide) groups is 1. The first-order valence-electron chi connectivity index (χ1n) is 7.62. The molecule has 1 N–H and O–H groups in total. The summed E-state index contributed by atoms with van der Waals surface area (Å²) in [7, 11) is 0. The number of carbonyl (C=O) groups is 1. The molecule has 0 aliphatic rings. The van der Waals surface area contributed by atoms with E-state index < -0.39 is 0 Å². The molecule has 0 spiro atoms. The summed E-state index contributed by atoms with van der Waals surface area (Å²) in [6.45, 7) is 8.30. The van der Waals surface area contributed by atoms with E-state index in [1.807, 2.05) is 31.2 Å². The molecule has 0 saturated carbocycles. The highest BCUT2D eigenvalue weighted by Crippen LogP contribution is 2.24. The summed E-state index contributed by atoms with van der Waals surface area (Å²) in [5.41, 5.74) is 4.37. The molecule has 0 fully saturated rings. The van der Waals surface area contributed by atoms with Crippen molar-refractivity contribution < 1.29 is 4.79 Å². The van der Waals surface area contributed by atoms with Crippen molar-refractivity contribution >= 4 is 17.7 Å². The fourth-order valence-electron chi connectivity index (χ4n) is 2.60. The number of hydrogen-bond acceptors (Lipinski definition) is 2. The molecule has 0 heterocycles. The number of hydrogen-bond donors (Lipinski definition) is 1. The Morgan fingerprint density at radius 3 is 2.59 bits per heavy atom. The molecule has 2 rings (SSSR count). The molecule has 0 aliphatic heterocycles. The van der Waals surface area contributed by atoms with Crippen LogP contribution in [0.25, 0.3) is 0 Å².